The Labute approximate surface area is 201 Å². The molecule has 1 N–H and O–H groups in total. The van der Waals surface area contributed by atoms with Crippen LogP contribution in [0.2, 0.25) is 10.2 Å². The highest BCUT2D eigenvalue weighted by Crippen LogP contribution is 2.24. The lowest BCUT2D eigenvalue weighted by atomic mass is 10.2. The van der Waals surface area contributed by atoms with Crippen LogP contribution in [-0.2, 0) is 20.9 Å². The summed E-state index contributed by atoms with van der Waals surface area (Å²) < 4.78 is 6.76. The van der Waals surface area contributed by atoms with E-state index in [4.69, 9.17) is 33.2 Å². The van der Waals surface area contributed by atoms with Crippen LogP contribution in [0.3, 0.4) is 0 Å². The number of rotatable bonds is 7. The molecule has 1 aromatic heterocycles. The molecule has 1 unspecified atom stereocenters. The van der Waals surface area contributed by atoms with E-state index >= 15 is 0 Å². The van der Waals surface area contributed by atoms with Gasteiger partial charge in [0.25, 0.3) is 5.91 Å². The minimum atomic E-state index is -1.08. The molecule has 0 aliphatic rings. The second kappa shape index (κ2) is 10.8. The summed E-state index contributed by atoms with van der Waals surface area (Å²) in [7, 11) is 0. The van der Waals surface area contributed by atoms with Crippen molar-refractivity contribution in [1.29, 1.82) is 5.26 Å². The van der Waals surface area contributed by atoms with Gasteiger partial charge in [-0.1, -0.05) is 53.5 Å². The number of aromatic nitrogens is 2. The highest BCUT2D eigenvalue weighted by molar-refractivity contribution is 6.32. The molecule has 0 radical (unpaired) electrons. The van der Waals surface area contributed by atoms with Crippen molar-refractivity contribution in [1.82, 2.24) is 9.78 Å². The third-order valence-corrected chi connectivity index (χ3v) is 5.51. The largest absolute Gasteiger partial charge is 0.449 e. The molecule has 1 atom stereocenters. The number of anilines is 1. The van der Waals surface area contributed by atoms with Crippen molar-refractivity contribution in [3.8, 4) is 6.07 Å². The number of nitriles is 1. The first-order valence-electron chi connectivity index (χ1n) is 9.95. The molecule has 0 spiro atoms. The second-order valence-electron chi connectivity index (χ2n) is 7.10. The van der Waals surface area contributed by atoms with Crippen LogP contribution in [0.15, 0.2) is 54.6 Å². The van der Waals surface area contributed by atoms with E-state index in [0.29, 0.717) is 39.2 Å². The molecule has 0 bridgehead atoms. The molecule has 1 amide bonds. The van der Waals surface area contributed by atoms with E-state index in [0.717, 1.165) is 5.56 Å². The Bertz CT molecular complexity index is 1260. The fourth-order valence-corrected chi connectivity index (χ4v) is 3.48. The first kappa shape index (κ1) is 24.1. The van der Waals surface area contributed by atoms with Gasteiger partial charge in [-0.15, -0.1) is 0 Å². The van der Waals surface area contributed by atoms with Gasteiger partial charge < -0.3 is 10.1 Å². The zero-order valence-corrected chi connectivity index (χ0v) is 19.4. The van der Waals surface area contributed by atoms with E-state index in [-0.39, 0.29) is 0 Å². The third kappa shape index (κ3) is 6.01. The molecule has 0 aliphatic carbocycles. The van der Waals surface area contributed by atoms with Crippen LogP contribution in [0.1, 0.15) is 29.3 Å². The maximum atomic E-state index is 12.3. The van der Waals surface area contributed by atoms with Gasteiger partial charge in [-0.3, -0.25) is 4.79 Å². The number of nitrogens with one attached hydrogen (secondary N) is 1. The van der Waals surface area contributed by atoms with Crippen LogP contribution in [-0.4, -0.2) is 27.8 Å². The fraction of sp³-hybridized carbons (Fsp3) is 0.167. The standard InChI is InChI=1S/C24H20Cl2N4O3/c1-15-19(23(26)30(29-15)14-18-8-3-5-9-20(18)25)11-12-22(31)33-16(2)24(32)28-21-10-6-4-7-17(21)13-27/h3-12,16H,14H2,1-2H3,(H,28,32)/b12-11+. The number of amides is 1. The van der Waals surface area contributed by atoms with E-state index in [2.05, 4.69) is 10.4 Å². The molecule has 3 rings (SSSR count). The number of esters is 1. The number of hydrogen-bond acceptors (Lipinski definition) is 5. The number of hydrogen-bond donors (Lipinski definition) is 1. The maximum absolute atomic E-state index is 12.3. The summed E-state index contributed by atoms with van der Waals surface area (Å²) in [5.74, 6) is -1.28. The normalized spacial score (nSPS) is 11.7. The van der Waals surface area contributed by atoms with Gasteiger partial charge in [-0.05, 0) is 43.7 Å². The summed E-state index contributed by atoms with van der Waals surface area (Å²) in [6.45, 7) is 3.58. The molecule has 168 valence electrons. The molecule has 0 aliphatic heterocycles. The van der Waals surface area contributed by atoms with Crippen LogP contribution in [0.5, 0.6) is 0 Å². The molecule has 7 nitrogen and oxygen atoms in total. The van der Waals surface area contributed by atoms with Crippen LogP contribution in [0.25, 0.3) is 6.08 Å². The highest BCUT2D eigenvalue weighted by Gasteiger charge is 2.18. The van der Waals surface area contributed by atoms with Crippen LogP contribution in [0.4, 0.5) is 5.69 Å². The van der Waals surface area contributed by atoms with Crippen molar-refractivity contribution in [2.75, 3.05) is 5.32 Å². The molecule has 0 saturated heterocycles. The van der Waals surface area contributed by atoms with E-state index < -0.39 is 18.0 Å². The van der Waals surface area contributed by atoms with Crippen molar-refractivity contribution in [3.05, 3.63) is 87.2 Å². The zero-order chi connectivity index (χ0) is 24.0. The summed E-state index contributed by atoms with van der Waals surface area (Å²) in [4.78, 5) is 24.6. The van der Waals surface area contributed by atoms with Crippen molar-refractivity contribution >= 4 is 46.8 Å². The molecule has 1 heterocycles. The van der Waals surface area contributed by atoms with E-state index in [1.807, 2.05) is 24.3 Å². The van der Waals surface area contributed by atoms with Gasteiger partial charge in [0.05, 0.1) is 23.5 Å². The molecule has 0 saturated carbocycles. The summed E-state index contributed by atoms with van der Waals surface area (Å²) in [6.07, 6.45) is 1.60. The number of ether oxygens (including phenoxy) is 1. The van der Waals surface area contributed by atoms with E-state index in [9.17, 15) is 9.59 Å². The smallest absolute Gasteiger partial charge is 0.331 e. The predicted molar refractivity (Wildman–Crippen MR) is 127 cm³/mol. The van der Waals surface area contributed by atoms with Crippen LogP contribution in [0, 0.1) is 18.3 Å². The third-order valence-electron chi connectivity index (χ3n) is 4.74. The Morgan fingerprint density at radius 1 is 1.21 bits per heavy atom. The van der Waals surface area contributed by atoms with Crippen LogP contribution >= 0.6 is 23.2 Å². The molecule has 0 fully saturated rings. The molecule has 9 heteroatoms. The molecule has 2 aromatic carbocycles. The molecular weight excluding hydrogens is 463 g/mol. The Morgan fingerprint density at radius 3 is 2.64 bits per heavy atom. The zero-order valence-electron chi connectivity index (χ0n) is 17.9. The van der Waals surface area contributed by atoms with E-state index in [1.54, 1.807) is 41.9 Å². The average molecular weight is 483 g/mol. The predicted octanol–water partition coefficient (Wildman–Crippen LogP) is 5.00. The molecule has 33 heavy (non-hydrogen) atoms. The second-order valence-corrected chi connectivity index (χ2v) is 7.86. The maximum Gasteiger partial charge on any atom is 0.331 e. The number of para-hydroxylation sites is 1. The minimum absolute atomic E-state index is 0.309. The van der Waals surface area contributed by atoms with Gasteiger partial charge in [-0.25, -0.2) is 9.48 Å². The Hall–Kier alpha value is -3.60. The summed E-state index contributed by atoms with van der Waals surface area (Å²) in [5.41, 5.74) is 2.69. The number of benzene rings is 2. The monoisotopic (exact) mass is 482 g/mol. The molecule has 3 aromatic rings. The number of halogens is 2. The van der Waals surface area contributed by atoms with Crippen LogP contribution < -0.4 is 5.32 Å². The first-order chi connectivity index (χ1) is 15.8. The number of carbonyl (C=O) groups excluding carboxylic acids is 2. The minimum Gasteiger partial charge on any atom is -0.449 e. The summed E-state index contributed by atoms with van der Waals surface area (Å²) in [5, 5.41) is 17.1. The Kier molecular flexibility index (Phi) is 7.88. The topological polar surface area (TPSA) is 97.0 Å². The lowest BCUT2D eigenvalue weighted by Gasteiger charge is -2.13. The number of nitrogens with zero attached hydrogens (tertiary/aromatic N) is 3. The van der Waals surface area contributed by atoms with Crippen molar-refractivity contribution < 1.29 is 14.3 Å². The van der Waals surface area contributed by atoms with E-state index in [1.165, 1.54) is 19.1 Å². The van der Waals surface area contributed by atoms with Gasteiger partial charge in [0.15, 0.2) is 6.10 Å². The SMILES string of the molecule is Cc1nn(Cc2ccccc2Cl)c(Cl)c1/C=C/C(=O)OC(C)C(=O)Nc1ccccc1C#N. The quantitative estimate of drug-likeness (QED) is 0.377. The summed E-state index contributed by atoms with van der Waals surface area (Å²) in [6, 6.07) is 15.9. The van der Waals surface area contributed by atoms with Gasteiger partial charge in [0, 0.05) is 16.7 Å². The number of carbonyl (C=O) groups is 2. The lowest BCUT2D eigenvalue weighted by molar-refractivity contribution is -0.148. The number of aryl methyl sites for hydroxylation is 1. The van der Waals surface area contributed by atoms with Crippen molar-refractivity contribution in [2.45, 2.75) is 26.5 Å². The highest BCUT2D eigenvalue weighted by atomic mass is 35.5. The summed E-state index contributed by atoms with van der Waals surface area (Å²) >= 11 is 12.7. The van der Waals surface area contributed by atoms with Gasteiger partial charge in [0.1, 0.15) is 11.2 Å². The molecular formula is C24H20Cl2N4O3. The van der Waals surface area contributed by atoms with Gasteiger partial charge >= 0.3 is 5.97 Å². The van der Waals surface area contributed by atoms with Gasteiger partial charge in [-0.2, -0.15) is 10.4 Å². The van der Waals surface area contributed by atoms with Crippen molar-refractivity contribution in [3.63, 3.8) is 0 Å². The lowest BCUT2D eigenvalue weighted by Crippen LogP contribution is -2.29. The Balaban J connectivity index is 1.64. The van der Waals surface area contributed by atoms with Gasteiger partial charge in [0.2, 0.25) is 0 Å². The van der Waals surface area contributed by atoms with Crippen molar-refractivity contribution in [2.24, 2.45) is 0 Å². The Morgan fingerprint density at radius 2 is 1.91 bits per heavy atom. The fourth-order valence-electron chi connectivity index (χ4n) is 2.99. The first-order valence-corrected chi connectivity index (χ1v) is 10.7. The average Bonchev–Trinajstić information content (AvgIpc) is 3.06.